The second kappa shape index (κ2) is 6.63. The van der Waals surface area contributed by atoms with Crippen LogP contribution >= 0.6 is 15.9 Å². The lowest BCUT2D eigenvalue weighted by molar-refractivity contribution is 0.0949. The molecule has 0 spiro atoms. The molecule has 0 aliphatic rings. The molecule has 84 valence electrons. The second-order valence-electron chi connectivity index (χ2n) is 3.19. The van der Waals surface area contributed by atoms with Crippen LogP contribution in [0.15, 0.2) is 16.7 Å². The number of hydrogen-bond donors (Lipinski definition) is 3. The molecule has 4 nitrogen and oxygen atoms in total. The number of rotatable bonds is 6. The van der Waals surface area contributed by atoms with Gasteiger partial charge in [-0.1, -0.05) is 6.92 Å². The first-order valence-electron chi connectivity index (χ1n) is 5.07. The molecule has 0 radical (unpaired) electrons. The van der Waals surface area contributed by atoms with Crippen molar-refractivity contribution < 1.29 is 4.79 Å². The van der Waals surface area contributed by atoms with E-state index >= 15 is 0 Å². The third kappa shape index (κ3) is 4.48. The summed E-state index contributed by atoms with van der Waals surface area (Å²) in [4.78, 5) is 14.4. The van der Waals surface area contributed by atoms with E-state index in [2.05, 4.69) is 38.5 Å². The molecule has 0 aliphatic heterocycles. The van der Waals surface area contributed by atoms with Crippen LogP contribution in [-0.4, -0.2) is 30.5 Å². The molecule has 5 heteroatoms. The number of carbonyl (C=O) groups is 1. The summed E-state index contributed by atoms with van der Waals surface area (Å²) in [5.41, 5.74) is 0.588. The maximum Gasteiger partial charge on any atom is 0.267 e. The Hall–Kier alpha value is -0.810. The minimum absolute atomic E-state index is 0.0581. The van der Waals surface area contributed by atoms with E-state index < -0.39 is 0 Å². The molecular weight excluding hydrogens is 258 g/mol. The Bertz CT molecular complexity index is 311. The summed E-state index contributed by atoms with van der Waals surface area (Å²) in [5.74, 6) is -0.0581. The van der Waals surface area contributed by atoms with Gasteiger partial charge in [0, 0.05) is 17.2 Å². The van der Waals surface area contributed by atoms with Crippen molar-refractivity contribution in [3.8, 4) is 0 Å². The van der Waals surface area contributed by atoms with E-state index in [9.17, 15) is 4.79 Å². The molecule has 1 rings (SSSR count). The SMILES string of the molecule is CCNCCCNC(=O)c1cc(Br)c[nH]1. The van der Waals surface area contributed by atoms with Gasteiger partial charge in [0.15, 0.2) is 0 Å². The van der Waals surface area contributed by atoms with Crippen LogP contribution in [0.25, 0.3) is 0 Å². The molecule has 15 heavy (non-hydrogen) atoms. The monoisotopic (exact) mass is 273 g/mol. The molecular formula is C10H16BrN3O. The minimum Gasteiger partial charge on any atom is -0.356 e. The lowest BCUT2D eigenvalue weighted by atomic mass is 10.3. The number of hydrogen-bond acceptors (Lipinski definition) is 2. The molecule has 0 bridgehead atoms. The van der Waals surface area contributed by atoms with Crippen molar-refractivity contribution in [3.63, 3.8) is 0 Å². The normalized spacial score (nSPS) is 10.3. The molecule has 0 atom stereocenters. The van der Waals surface area contributed by atoms with E-state index in [-0.39, 0.29) is 5.91 Å². The summed E-state index contributed by atoms with van der Waals surface area (Å²) < 4.78 is 0.889. The van der Waals surface area contributed by atoms with Crippen LogP contribution in [0, 0.1) is 0 Å². The smallest absolute Gasteiger partial charge is 0.267 e. The third-order valence-corrected chi connectivity index (χ3v) is 2.42. The van der Waals surface area contributed by atoms with Gasteiger partial charge in [0.25, 0.3) is 5.91 Å². The Morgan fingerprint density at radius 2 is 2.33 bits per heavy atom. The van der Waals surface area contributed by atoms with Crippen LogP contribution in [0.1, 0.15) is 23.8 Å². The van der Waals surface area contributed by atoms with Crippen molar-refractivity contribution in [2.45, 2.75) is 13.3 Å². The van der Waals surface area contributed by atoms with Gasteiger partial charge in [-0.05, 0) is 41.5 Å². The van der Waals surface area contributed by atoms with Crippen LogP contribution in [0.2, 0.25) is 0 Å². The standard InChI is InChI=1S/C10H16BrN3O/c1-2-12-4-3-5-13-10(15)9-6-8(11)7-14-9/h6-7,12,14H,2-5H2,1H3,(H,13,15). The summed E-state index contributed by atoms with van der Waals surface area (Å²) in [7, 11) is 0. The summed E-state index contributed by atoms with van der Waals surface area (Å²) in [6.45, 7) is 4.67. The highest BCUT2D eigenvalue weighted by Gasteiger charge is 2.05. The topological polar surface area (TPSA) is 56.9 Å². The van der Waals surface area contributed by atoms with Crippen LogP contribution in [0.4, 0.5) is 0 Å². The Kier molecular flexibility index (Phi) is 5.42. The van der Waals surface area contributed by atoms with E-state index in [1.165, 1.54) is 0 Å². The van der Waals surface area contributed by atoms with Gasteiger partial charge < -0.3 is 15.6 Å². The fourth-order valence-electron chi connectivity index (χ4n) is 1.19. The van der Waals surface area contributed by atoms with Crippen LogP contribution in [-0.2, 0) is 0 Å². The number of aromatic nitrogens is 1. The Morgan fingerprint density at radius 1 is 1.53 bits per heavy atom. The van der Waals surface area contributed by atoms with Crippen molar-refractivity contribution in [2.24, 2.45) is 0 Å². The van der Waals surface area contributed by atoms with Gasteiger partial charge in [-0.3, -0.25) is 4.79 Å². The highest BCUT2D eigenvalue weighted by atomic mass is 79.9. The molecule has 1 aromatic heterocycles. The molecule has 0 fully saturated rings. The first-order chi connectivity index (χ1) is 7.24. The Labute approximate surface area is 98.0 Å². The molecule has 1 amide bonds. The van der Waals surface area contributed by atoms with Crippen molar-refractivity contribution in [3.05, 3.63) is 22.4 Å². The number of halogens is 1. The zero-order valence-electron chi connectivity index (χ0n) is 8.77. The summed E-state index contributed by atoms with van der Waals surface area (Å²) in [6, 6.07) is 1.76. The number of aromatic amines is 1. The van der Waals surface area contributed by atoms with E-state index in [1.807, 2.05) is 0 Å². The van der Waals surface area contributed by atoms with Crippen molar-refractivity contribution in [1.29, 1.82) is 0 Å². The fourth-order valence-corrected chi connectivity index (χ4v) is 1.53. The van der Waals surface area contributed by atoms with E-state index in [1.54, 1.807) is 12.3 Å². The maximum atomic E-state index is 11.5. The summed E-state index contributed by atoms with van der Waals surface area (Å²) >= 11 is 3.28. The first-order valence-corrected chi connectivity index (χ1v) is 5.86. The van der Waals surface area contributed by atoms with Crippen LogP contribution in [0.5, 0.6) is 0 Å². The van der Waals surface area contributed by atoms with Crippen molar-refractivity contribution in [1.82, 2.24) is 15.6 Å². The van der Waals surface area contributed by atoms with Gasteiger partial charge in [0.1, 0.15) is 5.69 Å². The third-order valence-electron chi connectivity index (χ3n) is 1.96. The predicted octanol–water partition coefficient (Wildman–Crippen LogP) is 1.51. The lowest BCUT2D eigenvalue weighted by Crippen LogP contribution is -2.27. The van der Waals surface area contributed by atoms with Crippen LogP contribution in [0.3, 0.4) is 0 Å². The zero-order valence-corrected chi connectivity index (χ0v) is 10.4. The largest absolute Gasteiger partial charge is 0.356 e. The molecule has 1 aromatic rings. The maximum absolute atomic E-state index is 11.5. The predicted molar refractivity (Wildman–Crippen MR) is 64.0 cm³/mol. The highest BCUT2D eigenvalue weighted by molar-refractivity contribution is 9.10. The molecule has 0 aromatic carbocycles. The number of carbonyl (C=O) groups excluding carboxylic acids is 1. The van der Waals surface area contributed by atoms with E-state index in [4.69, 9.17) is 0 Å². The molecule has 1 heterocycles. The van der Waals surface area contributed by atoms with E-state index in [0.717, 1.165) is 24.0 Å². The molecule has 0 saturated heterocycles. The minimum atomic E-state index is -0.0581. The average Bonchev–Trinajstić information content (AvgIpc) is 2.64. The van der Waals surface area contributed by atoms with Gasteiger partial charge in [0.2, 0.25) is 0 Å². The van der Waals surface area contributed by atoms with Gasteiger partial charge in [-0.25, -0.2) is 0 Å². The molecule has 0 saturated carbocycles. The lowest BCUT2D eigenvalue weighted by Gasteiger charge is -2.03. The zero-order chi connectivity index (χ0) is 11.1. The quantitative estimate of drug-likeness (QED) is 0.689. The molecule has 3 N–H and O–H groups in total. The second-order valence-corrected chi connectivity index (χ2v) is 4.11. The van der Waals surface area contributed by atoms with Gasteiger partial charge in [-0.2, -0.15) is 0 Å². The number of H-pyrrole nitrogens is 1. The van der Waals surface area contributed by atoms with Crippen molar-refractivity contribution in [2.75, 3.05) is 19.6 Å². The van der Waals surface area contributed by atoms with Gasteiger partial charge in [-0.15, -0.1) is 0 Å². The highest BCUT2D eigenvalue weighted by Crippen LogP contribution is 2.09. The molecule has 0 unspecified atom stereocenters. The van der Waals surface area contributed by atoms with Crippen LogP contribution < -0.4 is 10.6 Å². The summed E-state index contributed by atoms with van der Waals surface area (Å²) in [6.07, 6.45) is 2.69. The average molecular weight is 274 g/mol. The Balaban J connectivity index is 2.19. The van der Waals surface area contributed by atoms with Crippen molar-refractivity contribution >= 4 is 21.8 Å². The summed E-state index contributed by atoms with van der Waals surface area (Å²) in [5, 5.41) is 6.04. The van der Waals surface area contributed by atoms with Gasteiger partial charge in [0.05, 0.1) is 0 Å². The fraction of sp³-hybridized carbons (Fsp3) is 0.500. The van der Waals surface area contributed by atoms with Gasteiger partial charge >= 0.3 is 0 Å². The molecule has 0 aliphatic carbocycles. The number of amides is 1. The number of nitrogens with one attached hydrogen (secondary N) is 3. The first kappa shape index (κ1) is 12.3. The van der Waals surface area contributed by atoms with E-state index in [0.29, 0.717) is 12.2 Å². The Morgan fingerprint density at radius 3 is 2.93 bits per heavy atom.